The number of likely N-dealkylation sites (tertiary alicyclic amines) is 1. The number of pyridine rings is 1. The molecule has 6 nitrogen and oxygen atoms in total. The number of hydrogen-bond donors (Lipinski definition) is 0. The third kappa shape index (κ3) is 4.07. The lowest BCUT2D eigenvalue weighted by Gasteiger charge is -2.33. The van der Waals surface area contributed by atoms with E-state index in [0.29, 0.717) is 25.3 Å². The molecule has 1 aliphatic heterocycles. The van der Waals surface area contributed by atoms with Crippen molar-refractivity contribution in [1.29, 1.82) is 0 Å². The van der Waals surface area contributed by atoms with Gasteiger partial charge >= 0.3 is 0 Å². The molecule has 1 aliphatic rings. The number of piperidine rings is 1. The quantitative estimate of drug-likeness (QED) is 0.825. The van der Waals surface area contributed by atoms with Gasteiger partial charge in [-0.3, -0.25) is 9.78 Å². The van der Waals surface area contributed by atoms with Gasteiger partial charge in [-0.15, -0.1) is 0 Å². The maximum absolute atomic E-state index is 12.9. The molecule has 0 saturated carbocycles. The summed E-state index contributed by atoms with van der Waals surface area (Å²) in [5.41, 5.74) is 3.68. The van der Waals surface area contributed by atoms with Crippen molar-refractivity contribution in [2.24, 2.45) is 0 Å². The molecule has 1 unspecified atom stereocenters. The molecular formula is C20H26N4O2. The van der Waals surface area contributed by atoms with Gasteiger partial charge in [-0.2, -0.15) is 0 Å². The summed E-state index contributed by atoms with van der Waals surface area (Å²) in [6.07, 6.45) is 7.23. The highest BCUT2D eigenvalue weighted by atomic mass is 16.5. The second-order valence-corrected chi connectivity index (χ2v) is 6.75. The molecule has 1 fully saturated rings. The molecular weight excluding hydrogens is 328 g/mol. The molecule has 0 bridgehead atoms. The van der Waals surface area contributed by atoms with E-state index >= 15 is 0 Å². The van der Waals surface area contributed by atoms with Crippen LogP contribution in [0, 0.1) is 13.8 Å². The van der Waals surface area contributed by atoms with Gasteiger partial charge in [0.2, 0.25) is 0 Å². The first-order chi connectivity index (χ1) is 12.6. The standard InChI is InChI=1S/C20H26N4O2/c1-4-26-13-17-10-22-15(3)23-19(17)16-6-5-9-24(12-16)20(25)18-11-21-8-7-14(18)2/h7-8,10-11,16H,4-6,9,12-13H2,1-3H3. The first-order valence-electron chi connectivity index (χ1n) is 9.20. The largest absolute Gasteiger partial charge is 0.377 e. The Morgan fingerprint density at radius 3 is 2.96 bits per heavy atom. The number of ether oxygens (including phenoxy) is 1. The molecule has 2 aromatic heterocycles. The van der Waals surface area contributed by atoms with Crippen LogP contribution in [0.3, 0.4) is 0 Å². The first kappa shape index (κ1) is 18.5. The van der Waals surface area contributed by atoms with E-state index in [-0.39, 0.29) is 11.8 Å². The van der Waals surface area contributed by atoms with Crippen LogP contribution in [0.5, 0.6) is 0 Å². The summed E-state index contributed by atoms with van der Waals surface area (Å²) in [7, 11) is 0. The molecule has 1 amide bonds. The zero-order valence-electron chi connectivity index (χ0n) is 15.7. The van der Waals surface area contributed by atoms with Crippen LogP contribution >= 0.6 is 0 Å². The minimum absolute atomic E-state index is 0.0532. The van der Waals surface area contributed by atoms with Crippen LogP contribution in [0.2, 0.25) is 0 Å². The summed E-state index contributed by atoms with van der Waals surface area (Å²) in [5.74, 6) is 1.02. The predicted molar refractivity (Wildman–Crippen MR) is 99.0 cm³/mol. The molecule has 0 aliphatic carbocycles. The Morgan fingerprint density at radius 1 is 1.35 bits per heavy atom. The van der Waals surface area contributed by atoms with Gasteiger partial charge in [0.25, 0.3) is 5.91 Å². The van der Waals surface area contributed by atoms with Crippen LogP contribution in [0.15, 0.2) is 24.7 Å². The number of aryl methyl sites for hydroxylation is 2. The summed E-state index contributed by atoms with van der Waals surface area (Å²) >= 11 is 0. The minimum Gasteiger partial charge on any atom is -0.377 e. The topological polar surface area (TPSA) is 68.2 Å². The van der Waals surface area contributed by atoms with Gasteiger partial charge in [0.15, 0.2) is 0 Å². The van der Waals surface area contributed by atoms with Gasteiger partial charge < -0.3 is 9.64 Å². The maximum Gasteiger partial charge on any atom is 0.255 e. The smallest absolute Gasteiger partial charge is 0.255 e. The molecule has 0 aromatic carbocycles. The second-order valence-electron chi connectivity index (χ2n) is 6.75. The Hall–Kier alpha value is -2.34. The van der Waals surface area contributed by atoms with Crippen LogP contribution in [-0.4, -0.2) is 45.5 Å². The van der Waals surface area contributed by atoms with Gasteiger partial charge in [-0.05, 0) is 45.2 Å². The first-order valence-corrected chi connectivity index (χ1v) is 9.20. The van der Waals surface area contributed by atoms with E-state index < -0.39 is 0 Å². The van der Waals surface area contributed by atoms with Crippen molar-refractivity contribution in [2.75, 3.05) is 19.7 Å². The highest BCUT2D eigenvalue weighted by Crippen LogP contribution is 2.29. The van der Waals surface area contributed by atoms with E-state index in [2.05, 4.69) is 9.97 Å². The van der Waals surface area contributed by atoms with Gasteiger partial charge in [-0.25, -0.2) is 9.97 Å². The van der Waals surface area contributed by atoms with E-state index in [9.17, 15) is 4.79 Å². The van der Waals surface area contributed by atoms with Crippen LogP contribution < -0.4 is 0 Å². The minimum atomic E-state index is 0.0532. The summed E-state index contributed by atoms with van der Waals surface area (Å²) < 4.78 is 5.58. The fourth-order valence-corrected chi connectivity index (χ4v) is 3.43. The highest BCUT2D eigenvalue weighted by Gasteiger charge is 2.28. The summed E-state index contributed by atoms with van der Waals surface area (Å²) in [4.78, 5) is 28.0. The van der Waals surface area contributed by atoms with E-state index in [4.69, 9.17) is 9.72 Å². The molecule has 2 aromatic rings. The molecule has 138 valence electrons. The number of hydrogen-bond acceptors (Lipinski definition) is 5. The molecule has 1 saturated heterocycles. The fraction of sp³-hybridized carbons (Fsp3) is 0.500. The third-order valence-corrected chi connectivity index (χ3v) is 4.84. The zero-order chi connectivity index (χ0) is 18.5. The van der Waals surface area contributed by atoms with Crippen LogP contribution in [0.25, 0.3) is 0 Å². The third-order valence-electron chi connectivity index (χ3n) is 4.84. The maximum atomic E-state index is 12.9. The van der Waals surface area contributed by atoms with Crippen molar-refractivity contribution >= 4 is 5.91 Å². The Labute approximate surface area is 154 Å². The van der Waals surface area contributed by atoms with E-state index in [1.807, 2.05) is 37.9 Å². The van der Waals surface area contributed by atoms with E-state index in [0.717, 1.165) is 42.0 Å². The molecule has 3 heterocycles. The number of carbonyl (C=O) groups excluding carboxylic acids is 1. The van der Waals surface area contributed by atoms with Crippen LogP contribution in [-0.2, 0) is 11.3 Å². The average Bonchev–Trinajstić information content (AvgIpc) is 2.67. The molecule has 0 radical (unpaired) electrons. The van der Waals surface area contributed by atoms with Crippen molar-refractivity contribution in [3.63, 3.8) is 0 Å². The number of nitrogens with zero attached hydrogens (tertiary/aromatic N) is 4. The molecule has 0 N–H and O–H groups in total. The Morgan fingerprint density at radius 2 is 2.19 bits per heavy atom. The summed E-state index contributed by atoms with van der Waals surface area (Å²) in [6.45, 7) is 8.44. The Bertz CT molecular complexity index is 778. The van der Waals surface area contributed by atoms with Crippen molar-refractivity contribution in [3.8, 4) is 0 Å². The van der Waals surface area contributed by atoms with Gasteiger partial charge in [0.1, 0.15) is 5.82 Å². The van der Waals surface area contributed by atoms with Crippen LogP contribution in [0.1, 0.15) is 58.7 Å². The van der Waals surface area contributed by atoms with Gasteiger partial charge in [0.05, 0.1) is 17.9 Å². The van der Waals surface area contributed by atoms with Crippen molar-refractivity contribution in [1.82, 2.24) is 19.9 Å². The number of aromatic nitrogens is 3. The van der Waals surface area contributed by atoms with Crippen LogP contribution in [0.4, 0.5) is 0 Å². The normalized spacial score (nSPS) is 17.3. The number of carbonyl (C=O) groups is 1. The number of amides is 1. The average molecular weight is 354 g/mol. The lowest BCUT2D eigenvalue weighted by Crippen LogP contribution is -2.40. The van der Waals surface area contributed by atoms with Crippen molar-refractivity contribution in [2.45, 2.75) is 46.1 Å². The van der Waals surface area contributed by atoms with E-state index in [1.54, 1.807) is 12.4 Å². The lowest BCUT2D eigenvalue weighted by molar-refractivity contribution is 0.0703. The predicted octanol–water partition coefficient (Wildman–Crippen LogP) is 3.04. The fourth-order valence-electron chi connectivity index (χ4n) is 3.43. The Kier molecular flexibility index (Phi) is 5.93. The highest BCUT2D eigenvalue weighted by molar-refractivity contribution is 5.95. The SMILES string of the molecule is CCOCc1cnc(C)nc1C1CCCN(C(=O)c2cnccc2C)C1. The van der Waals surface area contributed by atoms with Gasteiger partial charge in [0, 0.05) is 49.8 Å². The van der Waals surface area contributed by atoms with Gasteiger partial charge in [-0.1, -0.05) is 0 Å². The second kappa shape index (κ2) is 8.36. The number of rotatable bonds is 5. The summed E-state index contributed by atoms with van der Waals surface area (Å²) in [6, 6.07) is 1.88. The lowest BCUT2D eigenvalue weighted by atomic mass is 9.91. The molecule has 26 heavy (non-hydrogen) atoms. The molecule has 6 heteroatoms. The monoisotopic (exact) mass is 354 g/mol. The van der Waals surface area contributed by atoms with Crippen molar-refractivity contribution in [3.05, 3.63) is 52.9 Å². The van der Waals surface area contributed by atoms with E-state index in [1.165, 1.54) is 0 Å². The summed E-state index contributed by atoms with van der Waals surface area (Å²) in [5, 5.41) is 0. The van der Waals surface area contributed by atoms with Crippen molar-refractivity contribution < 1.29 is 9.53 Å². The zero-order valence-corrected chi connectivity index (χ0v) is 15.7. The molecule has 0 spiro atoms. The Balaban J connectivity index is 1.81. The molecule has 1 atom stereocenters. The molecule has 3 rings (SSSR count).